The lowest BCUT2D eigenvalue weighted by atomic mass is 9.84. The monoisotopic (exact) mass is 288 g/mol. The topological polar surface area (TPSA) is 55.1 Å². The number of rotatable bonds is 3. The maximum atomic E-state index is 12.5. The highest BCUT2D eigenvalue weighted by atomic mass is 16.5. The maximum Gasteiger partial charge on any atom is 0.273 e. The second-order valence-corrected chi connectivity index (χ2v) is 7.24. The molecular formula is C17H24N2O2. The smallest absolute Gasteiger partial charge is 0.273 e. The van der Waals surface area contributed by atoms with Crippen molar-refractivity contribution in [1.29, 1.82) is 0 Å². The van der Waals surface area contributed by atoms with Crippen molar-refractivity contribution in [3.05, 3.63) is 17.0 Å². The molecule has 1 amide bonds. The summed E-state index contributed by atoms with van der Waals surface area (Å²) in [5, 5.41) is 7.24. The summed E-state index contributed by atoms with van der Waals surface area (Å²) in [6.07, 6.45) is 9.57. The third-order valence-corrected chi connectivity index (χ3v) is 5.96. The normalized spacial score (nSPS) is 32.0. The van der Waals surface area contributed by atoms with Crippen LogP contribution in [0.15, 0.2) is 4.52 Å². The molecule has 0 saturated heterocycles. The first kappa shape index (κ1) is 13.4. The number of nitrogens with one attached hydrogen (secondary N) is 1. The molecule has 4 nitrogen and oxygen atoms in total. The molecule has 114 valence electrons. The van der Waals surface area contributed by atoms with Crippen LogP contribution in [0.3, 0.4) is 0 Å². The van der Waals surface area contributed by atoms with Crippen LogP contribution in [0.1, 0.15) is 67.3 Å². The van der Waals surface area contributed by atoms with Gasteiger partial charge in [0.1, 0.15) is 5.76 Å². The Morgan fingerprint density at radius 3 is 2.90 bits per heavy atom. The SMILES string of the molecule is C[C@H](NC(=O)c1noc2c1CCCC2)[C@H]1C[C@H]2CC[C@H]1C2. The highest BCUT2D eigenvalue weighted by molar-refractivity contribution is 5.94. The Balaban J connectivity index is 1.45. The Morgan fingerprint density at radius 1 is 1.29 bits per heavy atom. The van der Waals surface area contributed by atoms with Crippen LogP contribution in [0.2, 0.25) is 0 Å². The van der Waals surface area contributed by atoms with Crippen LogP contribution in [-0.4, -0.2) is 17.1 Å². The fourth-order valence-corrected chi connectivity index (χ4v) is 4.85. The summed E-state index contributed by atoms with van der Waals surface area (Å²) in [4.78, 5) is 12.5. The Bertz CT molecular complexity index is 551. The van der Waals surface area contributed by atoms with E-state index in [-0.39, 0.29) is 11.9 Å². The van der Waals surface area contributed by atoms with Crippen LogP contribution >= 0.6 is 0 Å². The van der Waals surface area contributed by atoms with Crippen molar-refractivity contribution in [2.45, 2.75) is 64.3 Å². The Kier molecular flexibility index (Phi) is 3.27. The second kappa shape index (κ2) is 5.15. The van der Waals surface area contributed by atoms with Gasteiger partial charge in [0.15, 0.2) is 5.69 Å². The van der Waals surface area contributed by atoms with E-state index in [1.807, 2.05) is 0 Å². The fraction of sp³-hybridized carbons (Fsp3) is 0.765. The van der Waals surface area contributed by atoms with Crippen molar-refractivity contribution in [3.63, 3.8) is 0 Å². The van der Waals surface area contributed by atoms with E-state index in [1.54, 1.807) is 0 Å². The molecule has 1 aromatic rings. The number of carbonyl (C=O) groups excluding carboxylic acids is 1. The lowest BCUT2D eigenvalue weighted by Gasteiger charge is -2.28. The average molecular weight is 288 g/mol. The van der Waals surface area contributed by atoms with Crippen LogP contribution < -0.4 is 5.32 Å². The van der Waals surface area contributed by atoms with E-state index in [9.17, 15) is 4.79 Å². The largest absolute Gasteiger partial charge is 0.360 e. The van der Waals surface area contributed by atoms with Gasteiger partial charge in [-0.05, 0) is 63.2 Å². The van der Waals surface area contributed by atoms with Crippen LogP contribution in [0.4, 0.5) is 0 Å². The molecule has 21 heavy (non-hydrogen) atoms. The molecule has 4 rings (SSSR count). The minimum atomic E-state index is -0.0304. The lowest BCUT2D eigenvalue weighted by Crippen LogP contribution is -2.40. The van der Waals surface area contributed by atoms with E-state index in [1.165, 1.54) is 25.7 Å². The molecule has 1 N–H and O–H groups in total. The zero-order valence-corrected chi connectivity index (χ0v) is 12.7. The Morgan fingerprint density at radius 2 is 2.14 bits per heavy atom. The summed E-state index contributed by atoms with van der Waals surface area (Å²) < 4.78 is 5.35. The molecule has 0 spiro atoms. The number of aryl methyl sites for hydroxylation is 1. The van der Waals surface area contributed by atoms with Crippen molar-refractivity contribution in [1.82, 2.24) is 10.5 Å². The molecule has 0 unspecified atom stereocenters. The first-order chi connectivity index (χ1) is 10.2. The third kappa shape index (κ3) is 2.29. The number of aromatic nitrogens is 1. The average Bonchev–Trinajstić information content (AvgIpc) is 3.21. The van der Waals surface area contributed by atoms with Gasteiger partial charge in [0.25, 0.3) is 5.91 Å². The summed E-state index contributed by atoms with van der Waals surface area (Å²) >= 11 is 0. The predicted octanol–water partition coefficient (Wildman–Crippen LogP) is 3.11. The van der Waals surface area contributed by atoms with Crippen LogP contribution in [-0.2, 0) is 12.8 Å². The van der Waals surface area contributed by atoms with E-state index >= 15 is 0 Å². The molecule has 1 aromatic heterocycles. The van der Waals surface area contributed by atoms with Gasteiger partial charge < -0.3 is 9.84 Å². The van der Waals surface area contributed by atoms with Crippen molar-refractivity contribution in [3.8, 4) is 0 Å². The maximum absolute atomic E-state index is 12.5. The lowest BCUT2D eigenvalue weighted by molar-refractivity contribution is 0.0905. The molecule has 2 saturated carbocycles. The Labute approximate surface area is 125 Å². The van der Waals surface area contributed by atoms with Gasteiger partial charge in [-0.1, -0.05) is 11.6 Å². The molecule has 3 aliphatic carbocycles. The quantitative estimate of drug-likeness (QED) is 0.929. The van der Waals surface area contributed by atoms with E-state index in [2.05, 4.69) is 17.4 Å². The van der Waals surface area contributed by atoms with E-state index in [0.717, 1.165) is 48.8 Å². The van der Waals surface area contributed by atoms with Crippen molar-refractivity contribution < 1.29 is 9.32 Å². The number of fused-ring (bicyclic) bond motifs is 3. The zero-order valence-electron chi connectivity index (χ0n) is 12.7. The van der Waals surface area contributed by atoms with Gasteiger partial charge in [-0.25, -0.2) is 0 Å². The van der Waals surface area contributed by atoms with Gasteiger partial charge in [0, 0.05) is 18.0 Å². The van der Waals surface area contributed by atoms with Crippen LogP contribution in [0, 0.1) is 17.8 Å². The zero-order chi connectivity index (χ0) is 14.4. The van der Waals surface area contributed by atoms with Gasteiger partial charge in [-0.3, -0.25) is 4.79 Å². The number of hydrogen-bond donors (Lipinski definition) is 1. The number of carbonyl (C=O) groups is 1. The molecule has 4 atom stereocenters. The third-order valence-electron chi connectivity index (χ3n) is 5.96. The first-order valence-electron chi connectivity index (χ1n) is 8.50. The summed E-state index contributed by atoms with van der Waals surface area (Å²) in [6, 6.07) is 0.253. The van der Waals surface area contributed by atoms with Crippen LogP contribution in [0.5, 0.6) is 0 Å². The second-order valence-electron chi connectivity index (χ2n) is 7.24. The number of nitrogens with zero attached hydrogens (tertiary/aromatic N) is 1. The van der Waals surface area contributed by atoms with Gasteiger partial charge in [0.05, 0.1) is 0 Å². The van der Waals surface area contributed by atoms with Crippen molar-refractivity contribution >= 4 is 5.91 Å². The van der Waals surface area contributed by atoms with Gasteiger partial charge in [0.2, 0.25) is 0 Å². The predicted molar refractivity (Wildman–Crippen MR) is 79.0 cm³/mol. The summed E-state index contributed by atoms with van der Waals surface area (Å²) in [5.41, 5.74) is 1.60. The molecule has 2 bridgehead atoms. The highest BCUT2D eigenvalue weighted by Gasteiger charge is 2.42. The molecule has 3 aliphatic rings. The molecule has 4 heteroatoms. The van der Waals surface area contributed by atoms with Crippen molar-refractivity contribution in [2.75, 3.05) is 0 Å². The number of hydrogen-bond acceptors (Lipinski definition) is 3. The van der Waals surface area contributed by atoms with E-state index < -0.39 is 0 Å². The first-order valence-corrected chi connectivity index (χ1v) is 8.50. The summed E-state index contributed by atoms with van der Waals surface area (Å²) in [5.74, 6) is 3.31. The molecule has 0 aliphatic heterocycles. The minimum Gasteiger partial charge on any atom is -0.360 e. The van der Waals surface area contributed by atoms with E-state index in [0.29, 0.717) is 11.6 Å². The Hall–Kier alpha value is -1.32. The van der Waals surface area contributed by atoms with E-state index in [4.69, 9.17) is 4.52 Å². The summed E-state index contributed by atoms with van der Waals surface area (Å²) in [6.45, 7) is 2.16. The van der Waals surface area contributed by atoms with Gasteiger partial charge in [-0.15, -0.1) is 0 Å². The molecular weight excluding hydrogens is 264 g/mol. The standard InChI is InChI=1S/C17H24N2O2/c1-10(14-9-11-6-7-12(14)8-11)18-17(20)16-13-4-2-3-5-15(13)21-19-16/h10-12,14H,2-9H2,1H3,(H,18,20)/t10-,11-,12-,14+/m0/s1. The van der Waals surface area contributed by atoms with Gasteiger partial charge >= 0.3 is 0 Å². The van der Waals surface area contributed by atoms with Crippen molar-refractivity contribution in [2.24, 2.45) is 17.8 Å². The summed E-state index contributed by atoms with van der Waals surface area (Å²) in [7, 11) is 0. The molecule has 0 aromatic carbocycles. The van der Waals surface area contributed by atoms with Gasteiger partial charge in [-0.2, -0.15) is 0 Å². The van der Waals surface area contributed by atoms with Crippen LogP contribution in [0.25, 0.3) is 0 Å². The molecule has 2 fully saturated rings. The molecule has 0 radical (unpaired) electrons. The highest BCUT2D eigenvalue weighted by Crippen LogP contribution is 2.49. The fourth-order valence-electron chi connectivity index (χ4n) is 4.85. The molecule has 1 heterocycles. The minimum absolute atomic E-state index is 0.0304. The number of amides is 1.